The number of pyridine rings is 1. The molecule has 2 aromatic rings. The Hall–Kier alpha value is -1.21. The van der Waals surface area contributed by atoms with Crippen molar-refractivity contribution >= 4 is 42.1 Å². The fourth-order valence-corrected chi connectivity index (χ4v) is 3.67. The monoisotopic (exact) mass is 388 g/mol. The summed E-state index contributed by atoms with van der Waals surface area (Å²) in [7, 11) is 0. The van der Waals surface area contributed by atoms with Gasteiger partial charge in [-0.15, -0.1) is 36.2 Å². The summed E-state index contributed by atoms with van der Waals surface area (Å²) in [5.41, 5.74) is 1.07. The standard InChI is InChI=1S/C16H20N4OS.2ClH/c1-2-4-15-19-11-14(22-15)16(21)20-8-7-18-10-13(20)12-5-3-6-17-9-12;;/h3,5-6,9,11,13,18H,2,4,7-8,10H2,1H3;2*1H. The second kappa shape index (κ2) is 9.93. The molecule has 132 valence electrons. The highest BCUT2D eigenvalue weighted by atomic mass is 35.5. The summed E-state index contributed by atoms with van der Waals surface area (Å²) in [6.45, 7) is 4.41. The van der Waals surface area contributed by atoms with Crippen molar-refractivity contribution in [3.63, 3.8) is 0 Å². The van der Waals surface area contributed by atoms with E-state index in [-0.39, 0.29) is 36.8 Å². The number of nitrogens with one attached hydrogen (secondary N) is 1. The van der Waals surface area contributed by atoms with Crippen LogP contribution >= 0.6 is 36.2 Å². The number of halogens is 2. The molecule has 1 aliphatic rings. The number of hydrogen-bond acceptors (Lipinski definition) is 5. The van der Waals surface area contributed by atoms with Crippen molar-refractivity contribution < 1.29 is 4.79 Å². The Labute approximate surface area is 158 Å². The summed E-state index contributed by atoms with van der Waals surface area (Å²) in [5.74, 6) is 0.0789. The minimum atomic E-state index is 0. The van der Waals surface area contributed by atoms with E-state index in [2.05, 4.69) is 22.2 Å². The van der Waals surface area contributed by atoms with Crippen molar-refractivity contribution in [2.75, 3.05) is 19.6 Å². The average molecular weight is 389 g/mol. The van der Waals surface area contributed by atoms with Crippen LogP contribution in [0.15, 0.2) is 30.7 Å². The predicted molar refractivity (Wildman–Crippen MR) is 101 cm³/mol. The Morgan fingerprint density at radius 1 is 1.42 bits per heavy atom. The quantitative estimate of drug-likeness (QED) is 0.873. The van der Waals surface area contributed by atoms with Gasteiger partial charge in [0.25, 0.3) is 5.91 Å². The molecule has 1 amide bonds. The molecule has 24 heavy (non-hydrogen) atoms. The van der Waals surface area contributed by atoms with Crippen molar-refractivity contribution in [3.8, 4) is 0 Å². The fraction of sp³-hybridized carbons (Fsp3) is 0.438. The Bertz CT molecular complexity index is 638. The van der Waals surface area contributed by atoms with Crippen LogP contribution in [0.5, 0.6) is 0 Å². The third kappa shape index (κ3) is 4.66. The number of hydrogen-bond donors (Lipinski definition) is 1. The van der Waals surface area contributed by atoms with Crippen LogP contribution in [0.2, 0.25) is 0 Å². The Morgan fingerprint density at radius 3 is 2.96 bits per heavy atom. The van der Waals surface area contributed by atoms with E-state index in [0.29, 0.717) is 6.54 Å². The van der Waals surface area contributed by atoms with Crippen molar-refractivity contribution in [3.05, 3.63) is 46.2 Å². The number of piperazine rings is 1. The Morgan fingerprint density at radius 2 is 2.25 bits per heavy atom. The maximum Gasteiger partial charge on any atom is 0.266 e. The summed E-state index contributed by atoms with van der Waals surface area (Å²) in [4.78, 5) is 24.1. The Balaban J connectivity index is 0.00000144. The first-order chi connectivity index (χ1) is 10.8. The second-order valence-electron chi connectivity index (χ2n) is 5.37. The van der Waals surface area contributed by atoms with Gasteiger partial charge >= 0.3 is 0 Å². The van der Waals surface area contributed by atoms with Gasteiger partial charge in [0, 0.05) is 32.0 Å². The first-order valence-corrected chi connectivity index (χ1v) is 8.47. The maximum atomic E-state index is 12.8. The molecule has 1 aliphatic heterocycles. The molecule has 0 radical (unpaired) electrons. The van der Waals surface area contributed by atoms with Gasteiger partial charge in [0.05, 0.1) is 17.2 Å². The molecule has 1 saturated heterocycles. The number of carbonyl (C=O) groups is 1. The van der Waals surface area contributed by atoms with Crippen LogP contribution in [0.4, 0.5) is 0 Å². The molecule has 0 aliphatic carbocycles. The van der Waals surface area contributed by atoms with Gasteiger partial charge in [-0.05, 0) is 24.5 Å². The molecule has 8 heteroatoms. The number of nitrogens with zero attached hydrogens (tertiary/aromatic N) is 3. The largest absolute Gasteiger partial charge is 0.328 e. The zero-order valence-corrected chi connectivity index (χ0v) is 15.9. The fourth-order valence-electron chi connectivity index (χ4n) is 2.70. The number of amides is 1. The molecule has 1 N–H and O–H groups in total. The molecule has 1 unspecified atom stereocenters. The van der Waals surface area contributed by atoms with Crippen molar-refractivity contribution in [2.45, 2.75) is 25.8 Å². The van der Waals surface area contributed by atoms with E-state index in [9.17, 15) is 4.79 Å². The molecule has 0 bridgehead atoms. The lowest BCUT2D eigenvalue weighted by molar-refractivity contribution is 0.0639. The third-order valence-corrected chi connectivity index (χ3v) is 4.85. The maximum absolute atomic E-state index is 12.8. The van der Waals surface area contributed by atoms with E-state index >= 15 is 0 Å². The van der Waals surface area contributed by atoms with Crippen LogP contribution in [-0.4, -0.2) is 40.4 Å². The highest BCUT2D eigenvalue weighted by Crippen LogP contribution is 2.25. The SMILES string of the molecule is CCCc1ncc(C(=O)N2CCNCC2c2cccnc2)s1.Cl.Cl. The van der Waals surface area contributed by atoms with Gasteiger partial charge in [0.1, 0.15) is 4.88 Å². The van der Waals surface area contributed by atoms with Gasteiger partial charge in [-0.25, -0.2) is 4.98 Å². The van der Waals surface area contributed by atoms with Crippen molar-refractivity contribution in [2.24, 2.45) is 0 Å². The first-order valence-electron chi connectivity index (χ1n) is 7.66. The lowest BCUT2D eigenvalue weighted by Gasteiger charge is -2.36. The zero-order chi connectivity index (χ0) is 15.4. The minimum absolute atomic E-state index is 0. The molecule has 2 aromatic heterocycles. The summed E-state index contributed by atoms with van der Waals surface area (Å²) < 4.78 is 0. The van der Waals surface area contributed by atoms with E-state index in [0.717, 1.165) is 41.4 Å². The zero-order valence-electron chi connectivity index (χ0n) is 13.5. The predicted octanol–water partition coefficient (Wildman–Crippen LogP) is 3.12. The van der Waals surface area contributed by atoms with Crippen LogP contribution in [-0.2, 0) is 6.42 Å². The number of rotatable bonds is 4. The summed E-state index contributed by atoms with van der Waals surface area (Å²) in [6, 6.07) is 3.98. The van der Waals surface area contributed by atoms with Gasteiger partial charge in [0.15, 0.2) is 0 Å². The first kappa shape index (κ1) is 20.8. The highest BCUT2D eigenvalue weighted by Gasteiger charge is 2.29. The number of carbonyl (C=O) groups excluding carboxylic acids is 1. The average Bonchev–Trinajstić information content (AvgIpc) is 3.04. The minimum Gasteiger partial charge on any atom is -0.328 e. The number of aromatic nitrogens is 2. The second-order valence-corrected chi connectivity index (χ2v) is 6.49. The molecular weight excluding hydrogens is 367 g/mol. The smallest absolute Gasteiger partial charge is 0.266 e. The van der Waals surface area contributed by atoms with Gasteiger partial charge < -0.3 is 10.2 Å². The molecule has 5 nitrogen and oxygen atoms in total. The molecule has 0 spiro atoms. The molecule has 3 rings (SSSR count). The molecule has 3 heterocycles. The molecular formula is C16H22Cl2N4OS. The van der Waals surface area contributed by atoms with Crippen molar-refractivity contribution in [1.29, 1.82) is 0 Å². The summed E-state index contributed by atoms with van der Waals surface area (Å²) in [6.07, 6.45) is 7.30. The lowest BCUT2D eigenvalue weighted by atomic mass is 10.1. The van der Waals surface area contributed by atoms with Gasteiger partial charge in [-0.1, -0.05) is 13.0 Å². The van der Waals surface area contributed by atoms with E-state index in [1.165, 1.54) is 11.3 Å². The van der Waals surface area contributed by atoms with Crippen molar-refractivity contribution in [1.82, 2.24) is 20.2 Å². The van der Waals surface area contributed by atoms with Crippen LogP contribution < -0.4 is 5.32 Å². The van der Waals surface area contributed by atoms with Crippen LogP contribution in [0.25, 0.3) is 0 Å². The lowest BCUT2D eigenvalue weighted by Crippen LogP contribution is -2.48. The normalized spacial score (nSPS) is 16.9. The molecule has 0 saturated carbocycles. The topological polar surface area (TPSA) is 58.1 Å². The molecule has 1 fully saturated rings. The third-order valence-electron chi connectivity index (χ3n) is 3.80. The van der Waals surface area contributed by atoms with E-state index in [4.69, 9.17) is 0 Å². The van der Waals surface area contributed by atoms with E-state index < -0.39 is 0 Å². The van der Waals surface area contributed by atoms with Crippen LogP contribution in [0, 0.1) is 0 Å². The summed E-state index contributed by atoms with van der Waals surface area (Å²) >= 11 is 1.52. The van der Waals surface area contributed by atoms with E-state index in [1.54, 1.807) is 12.4 Å². The van der Waals surface area contributed by atoms with Gasteiger partial charge in [-0.2, -0.15) is 0 Å². The molecule has 0 aromatic carbocycles. The molecule has 1 atom stereocenters. The van der Waals surface area contributed by atoms with Gasteiger partial charge in [-0.3, -0.25) is 9.78 Å². The van der Waals surface area contributed by atoms with E-state index in [1.807, 2.05) is 23.2 Å². The van der Waals surface area contributed by atoms with Crippen LogP contribution in [0.3, 0.4) is 0 Å². The van der Waals surface area contributed by atoms with Gasteiger partial charge in [0.2, 0.25) is 0 Å². The Kier molecular flexibility index (Phi) is 8.62. The number of thiazole rings is 1. The van der Waals surface area contributed by atoms with Crippen LogP contribution in [0.1, 0.15) is 39.6 Å². The summed E-state index contributed by atoms with van der Waals surface area (Å²) in [5, 5.41) is 4.40. The highest BCUT2D eigenvalue weighted by molar-refractivity contribution is 7.13. The number of aryl methyl sites for hydroxylation is 1.